The van der Waals surface area contributed by atoms with Crippen molar-refractivity contribution in [2.45, 2.75) is 33.9 Å². The number of anilines is 1. The highest BCUT2D eigenvalue weighted by Crippen LogP contribution is 2.18. The van der Waals surface area contributed by atoms with Crippen LogP contribution in [0.1, 0.15) is 30.8 Å². The van der Waals surface area contributed by atoms with Crippen LogP contribution in [0.4, 0.5) is 5.82 Å². The van der Waals surface area contributed by atoms with E-state index in [2.05, 4.69) is 63.4 Å². The maximum Gasteiger partial charge on any atom is 0.257 e. The third-order valence-electron chi connectivity index (χ3n) is 4.40. The van der Waals surface area contributed by atoms with E-state index in [9.17, 15) is 0 Å². The highest BCUT2D eigenvalue weighted by atomic mass is 16.5. The molecule has 0 radical (unpaired) electrons. The van der Waals surface area contributed by atoms with Gasteiger partial charge in [0, 0.05) is 19.2 Å². The maximum absolute atomic E-state index is 5.26. The van der Waals surface area contributed by atoms with E-state index in [1.165, 1.54) is 11.1 Å². The smallest absolute Gasteiger partial charge is 0.257 e. The Hall–Kier alpha value is -2.67. The normalized spacial score (nSPS) is 11.3. The first kappa shape index (κ1) is 18.1. The second-order valence-corrected chi connectivity index (χ2v) is 6.19. The van der Waals surface area contributed by atoms with Gasteiger partial charge >= 0.3 is 0 Å². The Morgan fingerprint density at radius 1 is 1.08 bits per heavy atom. The first-order chi connectivity index (χ1) is 12.6. The molecule has 138 valence electrons. The zero-order chi connectivity index (χ0) is 18.5. The fourth-order valence-corrected chi connectivity index (χ4v) is 2.84. The van der Waals surface area contributed by atoms with Crippen LogP contribution >= 0.6 is 0 Å². The van der Waals surface area contributed by atoms with Crippen LogP contribution in [0.25, 0.3) is 5.78 Å². The molecule has 0 aliphatic carbocycles. The van der Waals surface area contributed by atoms with Crippen molar-refractivity contribution in [3.63, 3.8) is 0 Å². The number of hydrogen-bond donors (Lipinski definition) is 1. The molecule has 0 amide bonds. The van der Waals surface area contributed by atoms with Gasteiger partial charge in [-0.25, -0.2) is 0 Å². The zero-order valence-electron chi connectivity index (χ0n) is 15.9. The van der Waals surface area contributed by atoms with Crippen molar-refractivity contribution in [3.05, 3.63) is 47.3 Å². The van der Waals surface area contributed by atoms with Crippen molar-refractivity contribution in [1.29, 1.82) is 0 Å². The van der Waals surface area contributed by atoms with Crippen LogP contribution < -0.4 is 10.1 Å². The molecule has 0 fully saturated rings. The number of fused-ring (bicyclic) bond motifs is 1. The molecular weight excluding hydrogens is 328 g/mol. The van der Waals surface area contributed by atoms with Gasteiger partial charge in [0.25, 0.3) is 5.78 Å². The van der Waals surface area contributed by atoms with Crippen molar-refractivity contribution in [3.8, 4) is 5.88 Å². The summed E-state index contributed by atoms with van der Waals surface area (Å²) in [5.41, 5.74) is 2.53. The van der Waals surface area contributed by atoms with E-state index in [0.717, 1.165) is 25.5 Å². The number of nitrogens with zero attached hydrogens (tertiary/aromatic N) is 5. The Morgan fingerprint density at radius 2 is 1.77 bits per heavy atom. The quantitative estimate of drug-likeness (QED) is 0.671. The molecule has 1 N–H and O–H groups in total. The lowest BCUT2D eigenvalue weighted by atomic mass is 10.1. The van der Waals surface area contributed by atoms with Gasteiger partial charge in [-0.05, 0) is 31.1 Å². The summed E-state index contributed by atoms with van der Waals surface area (Å²) >= 11 is 0. The molecule has 0 bridgehead atoms. The molecular formula is C19H26N6O. The van der Waals surface area contributed by atoms with E-state index in [4.69, 9.17) is 4.74 Å². The fourth-order valence-electron chi connectivity index (χ4n) is 2.84. The topological polar surface area (TPSA) is 67.6 Å². The number of aryl methyl sites for hydroxylation is 1. The summed E-state index contributed by atoms with van der Waals surface area (Å²) in [7, 11) is 1.60. The number of benzene rings is 1. The molecule has 26 heavy (non-hydrogen) atoms. The minimum absolute atomic E-state index is 0.516. The Labute approximate surface area is 154 Å². The van der Waals surface area contributed by atoms with Gasteiger partial charge in [-0.15, -0.1) is 5.10 Å². The summed E-state index contributed by atoms with van der Waals surface area (Å²) in [6, 6.07) is 10.5. The van der Waals surface area contributed by atoms with Crippen molar-refractivity contribution in [2.75, 3.05) is 25.5 Å². The molecule has 1 aromatic carbocycles. The largest absolute Gasteiger partial charge is 0.481 e. The number of ether oxygens (including phenoxy) is 1. The molecule has 2 aromatic heterocycles. The minimum Gasteiger partial charge on any atom is -0.481 e. The number of methoxy groups -OCH3 is 1. The van der Waals surface area contributed by atoms with E-state index in [1.54, 1.807) is 11.6 Å². The van der Waals surface area contributed by atoms with Crippen molar-refractivity contribution < 1.29 is 4.74 Å². The van der Waals surface area contributed by atoms with Gasteiger partial charge in [0.1, 0.15) is 11.6 Å². The van der Waals surface area contributed by atoms with E-state index < -0.39 is 0 Å². The van der Waals surface area contributed by atoms with Crippen molar-refractivity contribution in [1.82, 2.24) is 24.5 Å². The molecule has 0 saturated heterocycles. The van der Waals surface area contributed by atoms with Gasteiger partial charge in [0.2, 0.25) is 5.88 Å². The first-order valence-electron chi connectivity index (χ1n) is 8.95. The van der Waals surface area contributed by atoms with E-state index in [1.807, 2.05) is 13.0 Å². The fraction of sp³-hybridized carbons (Fsp3) is 0.421. The van der Waals surface area contributed by atoms with Crippen LogP contribution in [-0.4, -0.2) is 44.7 Å². The van der Waals surface area contributed by atoms with Gasteiger partial charge in [-0.3, -0.25) is 4.90 Å². The monoisotopic (exact) mass is 354 g/mol. The lowest BCUT2D eigenvalue weighted by molar-refractivity contribution is 0.296. The highest BCUT2D eigenvalue weighted by Gasteiger charge is 2.10. The third-order valence-corrected chi connectivity index (χ3v) is 4.40. The summed E-state index contributed by atoms with van der Waals surface area (Å²) in [5, 5.41) is 7.79. The SMILES string of the molecule is CCN(CC)Cc1ccc(CNc2cc(OC)nc3nc(C)nn23)cc1. The maximum atomic E-state index is 5.26. The Balaban J connectivity index is 1.72. The summed E-state index contributed by atoms with van der Waals surface area (Å²) in [6.45, 7) is 10.0. The third kappa shape index (κ3) is 4.11. The predicted octanol–water partition coefficient (Wildman–Crippen LogP) is 2.90. The van der Waals surface area contributed by atoms with Gasteiger partial charge in [0.15, 0.2) is 0 Å². The molecule has 0 unspecified atom stereocenters. The van der Waals surface area contributed by atoms with E-state index in [0.29, 0.717) is 24.0 Å². The predicted molar refractivity (Wildman–Crippen MR) is 102 cm³/mol. The van der Waals surface area contributed by atoms with E-state index >= 15 is 0 Å². The molecule has 3 rings (SSSR count). The number of nitrogens with one attached hydrogen (secondary N) is 1. The van der Waals surface area contributed by atoms with E-state index in [-0.39, 0.29) is 0 Å². The minimum atomic E-state index is 0.516. The average molecular weight is 354 g/mol. The first-order valence-corrected chi connectivity index (χ1v) is 8.95. The zero-order valence-corrected chi connectivity index (χ0v) is 15.9. The van der Waals surface area contributed by atoms with Crippen LogP contribution in [0.2, 0.25) is 0 Å². The average Bonchev–Trinajstić information content (AvgIpc) is 3.05. The number of rotatable bonds is 8. The Morgan fingerprint density at radius 3 is 2.42 bits per heavy atom. The standard InChI is InChI=1S/C19H26N6O/c1-5-24(6-2)13-16-9-7-15(8-10-16)12-20-17-11-18(26-4)22-19-21-14(3)23-25(17)19/h7-11,20H,5-6,12-13H2,1-4H3. The second-order valence-electron chi connectivity index (χ2n) is 6.19. The molecule has 2 heterocycles. The second kappa shape index (κ2) is 8.14. The lowest BCUT2D eigenvalue weighted by Crippen LogP contribution is -2.22. The summed E-state index contributed by atoms with van der Waals surface area (Å²) in [4.78, 5) is 11.0. The van der Waals surface area contributed by atoms with Crippen LogP contribution in [0, 0.1) is 6.92 Å². The molecule has 0 saturated carbocycles. The molecule has 0 aliphatic heterocycles. The number of hydrogen-bond acceptors (Lipinski definition) is 6. The molecule has 7 nitrogen and oxygen atoms in total. The van der Waals surface area contributed by atoms with Crippen LogP contribution in [-0.2, 0) is 13.1 Å². The van der Waals surface area contributed by atoms with Crippen LogP contribution in [0.15, 0.2) is 30.3 Å². The molecule has 0 spiro atoms. The lowest BCUT2D eigenvalue weighted by Gasteiger charge is -2.18. The van der Waals surface area contributed by atoms with Crippen molar-refractivity contribution in [2.24, 2.45) is 0 Å². The molecule has 0 atom stereocenters. The molecule has 7 heteroatoms. The van der Waals surface area contributed by atoms with Gasteiger partial charge < -0.3 is 10.1 Å². The van der Waals surface area contributed by atoms with Gasteiger partial charge in [-0.1, -0.05) is 38.1 Å². The summed E-state index contributed by atoms with van der Waals surface area (Å²) in [6.07, 6.45) is 0. The summed E-state index contributed by atoms with van der Waals surface area (Å²) in [5.74, 6) is 2.52. The van der Waals surface area contributed by atoms with Gasteiger partial charge in [0.05, 0.1) is 7.11 Å². The Bertz CT molecular complexity index is 854. The van der Waals surface area contributed by atoms with Gasteiger partial charge in [-0.2, -0.15) is 14.5 Å². The Kier molecular flexibility index (Phi) is 5.68. The van der Waals surface area contributed by atoms with Crippen LogP contribution in [0.5, 0.6) is 5.88 Å². The highest BCUT2D eigenvalue weighted by molar-refractivity contribution is 5.47. The number of aromatic nitrogens is 4. The van der Waals surface area contributed by atoms with Crippen molar-refractivity contribution >= 4 is 11.6 Å². The van der Waals surface area contributed by atoms with Crippen LogP contribution in [0.3, 0.4) is 0 Å². The summed E-state index contributed by atoms with van der Waals surface area (Å²) < 4.78 is 6.96. The molecule has 0 aliphatic rings. The molecule has 3 aromatic rings.